The molecule has 0 aliphatic carbocycles. The van der Waals surface area contributed by atoms with Crippen molar-refractivity contribution in [2.75, 3.05) is 0 Å². The van der Waals surface area contributed by atoms with E-state index < -0.39 is 24.0 Å². The number of nitrogens with two attached hydrogens (primary N) is 2. The third-order valence-corrected chi connectivity index (χ3v) is 4.76. The lowest BCUT2D eigenvalue weighted by Crippen LogP contribution is -2.50. The number of aromatic amines is 1. The maximum atomic E-state index is 12.5. The smallest absolute Gasteiger partial charge is 0.326 e. The van der Waals surface area contributed by atoms with Gasteiger partial charge in [0, 0.05) is 30.1 Å². The SMILES string of the molecule is NCc1ccc(C[C@@H](NC(=O)[C@H](N)Cc2c[nH]c3ccccc23)C(=O)O)cc1. The van der Waals surface area contributed by atoms with Crippen LogP contribution in [0.25, 0.3) is 10.9 Å². The average molecular weight is 380 g/mol. The molecule has 1 aromatic heterocycles. The van der Waals surface area contributed by atoms with Gasteiger partial charge in [0.05, 0.1) is 6.04 Å². The zero-order valence-corrected chi connectivity index (χ0v) is 15.4. The van der Waals surface area contributed by atoms with Gasteiger partial charge in [-0.15, -0.1) is 0 Å². The van der Waals surface area contributed by atoms with Crippen molar-refractivity contribution in [3.8, 4) is 0 Å². The normalized spacial score (nSPS) is 13.2. The number of aromatic nitrogens is 1. The maximum Gasteiger partial charge on any atom is 0.326 e. The Balaban J connectivity index is 1.65. The number of para-hydroxylation sites is 1. The second kappa shape index (κ2) is 8.69. The fourth-order valence-electron chi connectivity index (χ4n) is 3.16. The standard InChI is InChI=1S/C21H24N4O3/c22-11-14-7-5-13(6-8-14)9-19(21(27)28)25-20(26)17(23)10-15-12-24-18-4-2-1-3-16(15)18/h1-8,12,17,19,24H,9-11,22-23H2,(H,25,26)(H,27,28)/t17-,19-/m1/s1. The molecule has 1 amide bonds. The van der Waals surface area contributed by atoms with Gasteiger partial charge in [0.25, 0.3) is 0 Å². The van der Waals surface area contributed by atoms with E-state index in [1.807, 2.05) is 54.7 Å². The molecule has 3 rings (SSSR count). The van der Waals surface area contributed by atoms with E-state index in [9.17, 15) is 14.7 Å². The Morgan fingerprint density at radius 1 is 1.04 bits per heavy atom. The number of amides is 1. The van der Waals surface area contributed by atoms with Crippen LogP contribution in [0.2, 0.25) is 0 Å². The second-order valence-electron chi connectivity index (χ2n) is 6.79. The molecule has 2 aromatic carbocycles. The molecule has 1 heterocycles. The van der Waals surface area contributed by atoms with Crippen LogP contribution in [0.3, 0.4) is 0 Å². The Kier molecular flexibility index (Phi) is 6.08. The molecule has 0 saturated carbocycles. The molecule has 7 heteroatoms. The fraction of sp³-hybridized carbons (Fsp3) is 0.238. The summed E-state index contributed by atoms with van der Waals surface area (Å²) in [6.07, 6.45) is 2.31. The number of H-pyrrole nitrogens is 1. The summed E-state index contributed by atoms with van der Waals surface area (Å²) in [4.78, 5) is 27.2. The minimum atomic E-state index is -1.10. The predicted octanol–water partition coefficient (Wildman–Crippen LogP) is 1.31. The first-order valence-electron chi connectivity index (χ1n) is 9.09. The molecule has 7 nitrogen and oxygen atoms in total. The third kappa shape index (κ3) is 4.57. The van der Waals surface area contributed by atoms with Crippen LogP contribution < -0.4 is 16.8 Å². The minimum absolute atomic E-state index is 0.172. The Bertz CT molecular complexity index is 965. The average Bonchev–Trinajstić information content (AvgIpc) is 3.10. The van der Waals surface area contributed by atoms with Gasteiger partial charge in [-0.05, 0) is 29.2 Å². The van der Waals surface area contributed by atoms with Crippen LogP contribution in [-0.2, 0) is 29.0 Å². The van der Waals surface area contributed by atoms with Gasteiger partial charge in [-0.1, -0.05) is 42.5 Å². The molecule has 7 N–H and O–H groups in total. The molecule has 0 radical (unpaired) electrons. The number of benzene rings is 2. The topological polar surface area (TPSA) is 134 Å². The second-order valence-corrected chi connectivity index (χ2v) is 6.79. The highest BCUT2D eigenvalue weighted by atomic mass is 16.4. The number of carbonyl (C=O) groups excluding carboxylic acids is 1. The number of rotatable bonds is 8. The molecule has 0 aliphatic rings. The van der Waals surface area contributed by atoms with Crippen LogP contribution in [-0.4, -0.2) is 34.1 Å². The number of hydrogen-bond acceptors (Lipinski definition) is 4. The number of nitrogens with one attached hydrogen (secondary N) is 2. The van der Waals surface area contributed by atoms with Crippen LogP contribution in [0.15, 0.2) is 54.7 Å². The number of aliphatic carboxylic acids is 1. The first-order valence-corrected chi connectivity index (χ1v) is 9.09. The van der Waals surface area contributed by atoms with Gasteiger partial charge >= 0.3 is 5.97 Å². The number of fused-ring (bicyclic) bond motifs is 1. The van der Waals surface area contributed by atoms with Crippen LogP contribution in [0.5, 0.6) is 0 Å². The largest absolute Gasteiger partial charge is 0.480 e. The van der Waals surface area contributed by atoms with Crippen molar-refractivity contribution in [2.45, 2.75) is 31.5 Å². The molecular formula is C21H24N4O3. The van der Waals surface area contributed by atoms with E-state index in [1.165, 1.54) is 0 Å². The van der Waals surface area contributed by atoms with E-state index in [2.05, 4.69) is 10.3 Å². The number of carbonyl (C=O) groups is 2. The zero-order valence-electron chi connectivity index (χ0n) is 15.4. The van der Waals surface area contributed by atoms with Crippen LogP contribution >= 0.6 is 0 Å². The van der Waals surface area contributed by atoms with Crippen molar-refractivity contribution < 1.29 is 14.7 Å². The monoisotopic (exact) mass is 380 g/mol. The molecule has 0 fully saturated rings. The summed E-state index contributed by atoms with van der Waals surface area (Å²) in [6.45, 7) is 0.419. The molecule has 0 bridgehead atoms. The van der Waals surface area contributed by atoms with Crippen molar-refractivity contribution in [1.29, 1.82) is 0 Å². The number of carboxylic acids is 1. The number of hydrogen-bond donors (Lipinski definition) is 5. The quantitative estimate of drug-likeness (QED) is 0.402. The molecule has 146 valence electrons. The summed E-state index contributed by atoms with van der Waals surface area (Å²) in [6, 6.07) is 13.2. The van der Waals surface area contributed by atoms with Crippen molar-refractivity contribution in [1.82, 2.24) is 10.3 Å². The highest BCUT2D eigenvalue weighted by molar-refractivity contribution is 5.88. The van der Waals surface area contributed by atoms with Crippen LogP contribution in [0.1, 0.15) is 16.7 Å². The maximum absolute atomic E-state index is 12.5. The molecule has 28 heavy (non-hydrogen) atoms. The van der Waals surface area contributed by atoms with Gasteiger partial charge in [0.15, 0.2) is 0 Å². The molecule has 0 saturated heterocycles. The number of carboxylic acid groups (broad SMARTS) is 1. The summed E-state index contributed by atoms with van der Waals surface area (Å²) in [5.74, 6) is -1.59. The first kappa shape index (κ1) is 19.6. The van der Waals surface area contributed by atoms with E-state index in [1.54, 1.807) is 0 Å². The van der Waals surface area contributed by atoms with Gasteiger partial charge in [0.1, 0.15) is 6.04 Å². The van der Waals surface area contributed by atoms with E-state index in [-0.39, 0.29) is 6.42 Å². The minimum Gasteiger partial charge on any atom is -0.480 e. The molecule has 3 aromatic rings. The first-order chi connectivity index (χ1) is 13.5. The molecule has 0 spiro atoms. The van der Waals surface area contributed by atoms with Crippen LogP contribution in [0.4, 0.5) is 0 Å². The van der Waals surface area contributed by atoms with Gasteiger partial charge in [0.2, 0.25) is 5.91 Å². The van der Waals surface area contributed by atoms with E-state index in [0.717, 1.165) is 27.6 Å². The predicted molar refractivity (Wildman–Crippen MR) is 108 cm³/mol. The summed E-state index contributed by atoms with van der Waals surface area (Å²) in [5.41, 5.74) is 15.3. The molecule has 0 aliphatic heterocycles. The van der Waals surface area contributed by atoms with E-state index in [4.69, 9.17) is 11.5 Å². The third-order valence-electron chi connectivity index (χ3n) is 4.76. The summed E-state index contributed by atoms with van der Waals surface area (Å²) >= 11 is 0. The summed E-state index contributed by atoms with van der Waals surface area (Å²) in [5, 5.41) is 13.0. The van der Waals surface area contributed by atoms with Gasteiger partial charge in [-0.2, -0.15) is 0 Å². The highest BCUT2D eigenvalue weighted by Gasteiger charge is 2.24. The molecule has 2 atom stereocenters. The fourth-order valence-corrected chi connectivity index (χ4v) is 3.16. The lowest BCUT2D eigenvalue weighted by molar-refractivity contribution is -0.141. The Hall–Kier alpha value is -3.16. The zero-order chi connectivity index (χ0) is 20.1. The van der Waals surface area contributed by atoms with Gasteiger partial charge in [-0.3, -0.25) is 4.79 Å². The van der Waals surface area contributed by atoms with E-state index in [0.29, 0.717) is 13.0 Å². The van der Waals surface area contributed by atoms with E-state index >= 15 is 0 Å². The Morgan fingerprint density at radius 3 is 2.39 bits per heavy atom. The van der Waals surface area contributed by atoms with Crippen molar-refractivity contribution >= 4 is 22.8 Å². The summed E-state index contributed by atoms with van der Waals surface area (Å²) < 4.78 is 0. The Labute approximate surface area is 162 Å². The highest BCUT2D eigenvalue weighted by Crippen LogP contribution is 2.18. The lowest BCUT2D eigenvalue weighted by Gasteiger charge is -2.18. The summed E-state index contributed by atoms with van der Waals surface area (Å²) in [7, 11) is 0. The Morgan fingerprint density at radius 2 is 1.71 bits per heavy atom. The lowest BCUT2D eigenvalue weighted by atomic mass is 10.0. The van der Waals surface area contributed by atoms with Gasteiger partial charge < -0.3 is 26.9 Å². The van der Waals surface area contributed by atoms with Crippen LogP contribution in [0, 0.1) is 0 Å². The molecule has 0 unspecified atom stereocenters. The van der Waals surface area contributed by atoms with Crippen molar-refractivity contribution in [2.24, 2.45) is 11.5 Å². The van der Waals surface area contributed by atoms with Crippen molar-refractivity contribution in [3.63, 3.8) is 0 Å². The van der Waals surface area contributed by atoms with Crippen molar-refractivity contribution in [3.05, 3.63) is 71.4 Å². The molecular weight excluding hydrogens is 356 g/mol. The van der Waals surface area contributed by atoms with Gasteiger partial charge in [-0.25, -0.2) is 4.79 Å².